The molecule has 3 aromatic rings. The van der Waals surface area contributed by atoms with Crippen molar-refractivity contribution >= 4 is 17.5 Å². The van der Waals surface area contributed by atoms with Crippen LogP contribution < -0.4 is 4.74 Å². The number of imidazole rings is 1. The van der Waals surface area contributed by atoms with Gasteiger partial charge in [0.05, 0.1) is 19.0 Å². The van der Waals surface area contributed by atoms with Crippen LogP contribution in [0.25, 0.3) is 0 Å². The predicted molar refractivity (Wildman–Crippen MR) is 125 cm³/mol. The van der Waals surface area contributed by atoms with Crippen molar-refractivity contribution in [2.24, 2.45) is 5.92 Å². The molecule has 6 heteroatoms. The van der Waals surface area contributed by atoms with Crippen LogP contribution >= 0.6 is 11.6 Å². The molecule has 1 amide bonds. The van der Waals surface area contributed by atoms with E-state index in [1.165, 1.54) is 16.8 Å². The number of benzene rings is 2. The highest BCUT2D eigenvalue weighted by Gasteiger charge is 2.38. The minimum atomic E-state index is 0.0574. The molecule has 0 N–H and O–H groups in total. The van der Waals surface area contributed by atoms with Crippen molar-refractivity contribution < 1.29 is 9.53 Å². The van der Waals surface area contributed by atoms with Gasteiger partial charge >= 0.3 is 0 Å². The minimum absolute atomic E-state index is 0.0574. The molecule has 0 radical (unpaired) electrons. The Labute approximate surface area is 194 Å². The second kappa shape index (κ2) is 8.99. The summed E-state index contributed by atoms with van der Waals surface area (Å²) in [6, 6.07) is 14.4. The third-order valence-electron chi connectivity index (χ3n) is 6.73. The molecule has 0 unspecified atom stereocenters. The minimum Gasteiger partial charge on any atom is -0.493 e. The molecular weight excluding hydrogens is 422 g/mol. The van der Waals surface area contributed by atoms with E-state index in [0.29, 0.717) is 11.6 Å². The molecule has 32 heavy (non-hydrogen) atoms. The third-order valence-corrected chi connectivity index (χ3v) is 6.96. The molecule has 1 saturated heterocycles. The van der Waals surface area contributed by atoms with Gasteiger partial charge in [-0.1, -0.05) is 41.4 Å². The summed E-state index contributed by atoms with van der Waals surface area (Å²) in [5.74, 6) is 1.16. The number of hydrogen-bond donors (Lipinski definition) is 0. The Morgan fingerprint density at radius 3 is 2.84 bits per heavy atom. The fourth-order valence-corrected chi connectivity index (χ4v) is 5.10. The lowest BCUT2D eigenvalue weighted by atomic mass is 9.98. The van der Waals surface area contributed by atoms with Crippen molar-refractivity contribution in [2.75, 3.05) is 13.2 Å². The van der Waals surface area contributed by atoms with Crippen molar-refractivity contribution in [3.8, 4) is 5.75 Å². The molecule has 0 saturated carbocycles. The van der Waals surface area contributed by atoms with Gasteiger partial charge < -0.3 is 14.2 Å². The van der Waals surface area contributed by atoms with Gasteiger partial charge in [0.15, 0.2) is 0 Å². The smallest absolute Gasteiger partial charge is 0.226 e. The van der Waals surface area contributed by atoms with E-state index in [-0.39, 0.29) is 17.9 Å². The molecule has 5 nitrogen and oxygen atoms in total. The fourth-order valence-electron chi connectivity index (χ4n) is 4.92. The molecule has 0 spiro atoms. The van der Waals surface area contributed by atoms with Gasteiger partial charge in [0.2, 0.25) is 5.91 Å². The van der Waals surface area contributed by atoms with Crippen molar-refractivity contribution in [3.05, 3.63) is 82.4 Å². The van der Waals surface area contributed by atoms with Crippen LogP contribution in [0.4, 0.5) is 0 Å². The Bertz CT molecular complexity index is 1110. The molecule has 2 atom stereocenters. The molecule has 0 aliphatic carbocycles. The lowest BCUT2D eigenvalue weighted by Crippen LogP contribution is -2.35. The summed E-state index contributed by atoms with van der Waals surface area (Å²) in [4.78, 5) is 19.7. The number of halogens is 1. The quantitative estimate of drug-likeness (QED) is 0.519. The van der Waals surface area contributed by atoms with Gasteiger partial charge in [-0.3, -0.25) is 4.79 Å². The number of aromatic nitrogens is 2. The standard InChI is InChI=1S/C26H28ClN3O2/c1-18-2-4-19(5-3-18)16-29-17-28-15-22(29)8-6-20-10-12-30(26(20)31)24-11-13-32-25-9-7-21(27)14-23(24)25/h2-5,7,9,14-15,17,20,24H,6,8,10-13,16H2,1H3/t20-,24+/m0/s1. The number of carbonyl (C=O) groups excluding carboxylic acids is 1. The Morgan fingerprint density at radius 1 is 1.16 bits per heavy atom. The number of ether oxygens (including phenoxy) is 1. The number of amides is 1. The Balaban J connectivity index is 1.24. The van der Waals surface area contributed by atoms with Gasteiger partial charge in [-0.15, -0.1) is 0 Å². The summed E-state index contributed by atoms with van der Waals surface area (Å²) >= 11 is 6.23. The first-order valence-electron chi connectivity index (χ1n) is 11.4. The summed E-state index contributed by atoms with van der Waals surface area (Å²) in [6.45, 7) is 4.33. The third kappa shape index (κ3) is 4.26. The molecule has 3 heterocycles. The first kappa shape index (κ1) is 21.1. The molecule has 2 aliphatic heterocycles. The van der Waals surface area contributed by atoms with Crippen LogP contribution in [-0.2, 0) is 17.8 Å². The van der Waals surface area contributed by atoms with Gasteiger partial charge in [-0.25, -0.2) is 4.98 Å². The van der Waals surface area contributed by atoms with Gasteiger partial charge in [-0.2, -0.15) is 0 Å². The largest absolute Gasteiger partial charge is 0.493 e. The zero-order valence-electron chi connectivity index (χ0n) is 18.3. The molecule has 1 fully saturated rings. The summed E-state index contributed by atoms with van der Waals surface area (Å²) in [5, 5.41) is 0.685. The van der Waals surface area contributed by atoms with Crippen molar-refractivity contribution in [2.45, 2.75) is 45.2 Å². The number of fused-ring (bicyclic) bond motifs is 1. The Kier molecular flexibility index (Phi) is 5.92. The maximum Gasteiger partial charge on any atom is 0.226 e. The molecule has 2 aliphatic rings. The molecular formula is C26H28ClN3O2. The van der Waals surface area contributed by atoms with E-state index in [1.54, 1.807) is 0 Å². The predicted octanol–water partition coefficient (Wildman–Crippen LogP) is 5.20. The first-order valence-corrected chi connectivity index (χ1v) is 11.7. The van der Waals surface area contributed by atoms with E-state index in [2.05, 4.69) is 40.7 Å². The van der Waals surface area contributed by atoms with Gasteiger partial charge in [0.25, 0.3) is 0 Å². The van der Waals surface area contributed by atoms with E-state index in [9.17, 15) is 4.79 Å². The number of nitrogens with zero attached hydrogens (tertiary/aromatic N) is 3. The van der Waals surface area contributed by atoms with Crippen LogP contribution in [0.15, 0.2) is 55.0 Å². The number of aryl methyl sites for hydroxylation is 2. The molecule has 166 valence electrons. The molecule has 1 aromatic heterocycles. The highest BCUT2D eigenvalue weighted by Crippen LogP contribution is 2.40. The number of likely N-dealkylation sites (tertiary alicyclic amines) is 1. The second-order valence-electron chi connectivity index (χ2n) is 8.89. The highest BCUT2D eigenvalue weighted by molar-refractivity contribution is 6.30. The Hall–Kier alpha value is -2.79. The van der Waals surface area contributed by atoms with E-state index < -0.39 is 0 Å². The van der Waals surface area contributed by atoms with Gasteiger partial charge in [-0.05, 0) is 49.9 Å². The van der Waals surface area contributed by atoms with Crippen LogP contribution in [0.3, 0.4) is 0 Å². The first-order chi connectivity index (χ1) is 15.6. The maximum absolute atomic E-state index is 13.3. The molecule has 0 bridgehead atoms. The van der Waals surface area contributed by atoms with Crippen molar-refractivity contribution in [3.63, 3.8) is 0 Å². The molecule has 5 rings (SSSR count). The number of hydrogen-bond acceptors (Lipinski definition) is 3. The summed E-state index contributed by atoms with van der Waals surface area (Å²) < 4.78 is 7.98. The average Bonchev–Trinajstić information content (AvgIpc) is 3.39. The number of carbonyl (C=O) groups is 1. The lowest BCUT2D eigenvalue weighted by molar-refractivity contribution is -0.133. The summed E-state index contributed by atoms with van der Waals surface area (Å²) in [5.41, 5.74) is 4.74. The normalized spacial score (nSPS) is 20.3. The van der Waals surface area contributed by atoms with E-state index >= 15 is 0 Å². The maximum atomic E-state index is 13.3. The summed E-state index contributed by atoms with van der Waals surface area (Å²) in [7, 11) is 0. The SMILES string of the molecule is Cc1ccc(Cn2cncc2CC[C@H]2CCN([C@@H]3CCOc4ccc(Cl)cc43)C2=O)cc1. The monoisotopic (exact) mass is 449 g/mol. The van der Waals surface area contributed by atoms with Gasteiger partial charge in [0.1, 0.15) is 5.75 Å². The van der Waals surface area contributed by atoms with Crippen LogP contribution in [-0.4, -0.2) is 33.5 Å². The van der Waals surface area contributed by atoms with Crippen LogP contribution in [0.5, 0.6) is 5.75 Å². The van der Waals surface area contributed by atoms with E-state index in [1.807, 2.05) is 35.6 Å². The van der Waals surface area contributed by atoms with Crippen molar-refractivity contribution in [1.29, 1.82) is 0 Å². The topological polar surface area (TPSA) is 47.4 Å². The molecule has 2 aromatic carbocycles. The van der Waals surface area contributed by atoms with Crippen LogP contribution in [0, 0.1) is 12.8 Å². The average molecular weight is 450 g/mol. The van der Waals surface area contributed by atoms with E-state index in [4.69, 9.17) is 16.3 Å². The zero-order valence-corrected chi connectivity index (χ0v) is 19.1. The Morgan fingerprint density at radius 2 is 2.00 bits per heavy atom. The van der Waals surface area contributed by atoms with E-state index in [0.717, 1.165) is 50.1 Å². The second-order valence-corrected chi connectivity index (χ2v) is 9.33. The number of rotatable bonds is 6. The van der Waals surface area contributed by atoms with Crippen molar-refractivity contribution in [1.82, 2.24) is 14.5 Å². The van der Waals surface area contributed by atoms with Crippen LogP contribution in [0.2, 0.25) is 5.02 Å². The van der Waals surface area contributed by atoms with Crippen LogP contribution in [0.1, 0.15) is 47.7 Å². The fraction of sp³-hybridized carbons (Fsp3) is 0.385. The van der Waals surface area contributed by atoms with Gasteiger partial charge in [0, 0.05) is 47.9 Å². The summed E-state index contributed by atoms with van der Waals surface area (Å²) in [6.07, 6.45) is 7.24. The lowest BCUT2D eigenvalue weighted by Gasteiger charge is -2.33. The highest BCUT2D eigenvalue weighted by atomic mass is 35.5. The zero-order chi connectivity index (χ0) is 22.1.